The van der Waals surface area contributed by atoms with Crippen LogP contribution in [0.15, 0.2) is 58.7 Å². The third-order valence-electron chi connectivity index (χ3n) is 6.73. The molecule has 0 spiro atoms. The Kier molecular flexibility index (Phi) is 10.7. The van der Waals surface area contributed by atoms with Gasteiger partial charge in [-0.25, -0.2) is 0 Å². The van der Waals surface area contributed by atoms with E-state index < -0.39 is 0 Å². The molecule has 0 aliphatic heterocycles. The lowest BCUT2D eigenvalue weighted by atomic mass is 9.86. The molecule has 0 radical (unpaired) electrons. The van der Waals surface area contributed by atoms with Gasteiger partial charge < -0.3 is 10.2 Å². The summed E-state index contributed by atoms with van der Waals surface area (Å²) in [4.78, 5) is 50.2. The molecule has 0 atom stereocenters. The van der Waals surface area contributed by atoms with Crippen LogP contribution in [0, 0.1) is 10.8 Å². The van der Waals surface area contributed by atoms with Crippen LogP contribution in [0.2, 0.25) is 0 Å². The van der Waals surface area contributed by atoms with Crippen LogP contribution in [0.4, 0.5) is 0 Å². The molecule has 0 aromatic heterocycles. The SMILES string of the molecule is CC(C)(CO)CCCCC1=CC(=O)C=C(/C=C\C2=CC(=O)C=C(CCCCC(C)(C)CO)C2=O)C1=O. The molecular weight excluding hydrogens is 456 g/mol. The first-order chi connectivity index (χ1) is 16.9. The zero-order valence-corrected chi connectivity index (χ0v) is 22.1. The zero-order chi connectivity index (χ0) is 26.9. The second-order valence-corrected chi connectivity index (χ2v) is 11.4. The number of rotatable bonds is 14. The minimum absolute atomic E-state index is 0.0979. The first kappa shape index (κ1) is 29.5. The molecule has 6 nitrogen and oxygen atoms in total. The Bertz CT molecular complexity index is 948. The first-order valence-electron chi connectivity index (χ1n) is 12.8. The summed E-state index contributed by atoms with van der Waals surface area (Å²) in [7, 11) is 0. The Balaban J connectivity index is 1.97. The Morgan fingerprint density at radius 2 is 0.972 bits per heavy atom. The number of unbranched alkanes of at least 4 members (excludes halogenated alkanes) is 2. The number of hydrogen-bond donors (Lipinski definition) is 2. The van der Waals surface area contributed by atoms with Gasteiger partial charge in [0.05, 0.1) is 0 Å². The standard InChI is InChI=1S/C30H40O6/c1-29(2,19-31)13-7-5-9-21-15-25(33)17-23(27(21)35)11-12-24-18-26(34)16-22(28(24)36)10-6-8-14-30(3,4)20-32/h11-12,15-18,31-32H,5-10,13-14,19-20H2,1-4H3/b12-11-. The highest BCUT2D eigenvalue weighted by atomic mass is 16.3. The molecule has 2 aliphatic carbocycles. The molecule has 0 amide bonds. The van der Waals surface area contributed by atoms with Gasteiger partial charge in [-0.1, -0.05) is 52.7 Å². The van der Waals surface area contributed by atoms with Crippen molar-refractivity contribution in [2.75, 3.05) is 13.2 Å². The van der Waals surface area contributed by atoms with Crippen molar-refractivity contribution >= 4 is 23.1 Å². The molecule has 0 fully saturated rings. The van der Waals surface area contributed by atoms with Crippen LogP contribution < -0.4 is 0 Å². The van der Waals surface area contributed by atoms with Crippen LogP contribution in [0.5, 0.6) is 0 Å². The van der Waals surface area contributed by atoms with Gasteiger partial charge in [0.25, 0.3) is 0 Å². The molecule has 0 aromatic carbocycles. The van der Waals surface area contributed by atoms with E-state index in [1.165, 1.54) is 36.5 Å². The molecule has 0 saturated heterocycles. The fourth-order valence-corrected chi connectivity index (χ4v) is 4.16. The minimum Gasteiger partial charge on any atom is -0.396 e. The van der Waals surface area contributed by atoms with Gasteiger partial charge in [-0.2, -0.15) is 0 Å². The average molecular weight is 497 g/mol. The fraction of sp³-hybridized carbons (Fsp3) is 0.533. The topological polar surface area (TPSA) is 109 Å². The maximum absolute atomic E-state index is 12.9. The number of allylic oxidation sites excluding steroid dienone is 10. The highest BCUT2D eigenvalue weighted by Crippen LogP contribution is 2.27. The van der Waals surface area contributed by atoms with Crippen LogP contribution in [0.3, 0.4) is 0 Å². The number of Topliss-reactive ketones (excluding diaryl/α,β-unsaturated/α-hetero) is 2. The van der Waals surface area contributed by atoms with E-state index in [4.69, 9.17) is 0 Å². The molecule has 0 heterocycles. The number of hydrogen-bond acceptors (Lipinski definition) is 6. The van der Waals surface area contributed by atoms with Crippen molar-refractivity contribution in [2.24, 2.45) is 10.8 Å². The van der Waals surface area contributed by atoms with E-state index in [0.29, 0.717) is 24.0 Å². The van der Waals surface area contributed by atoms with Gasteiger partial charge in [0.1, 0.15) is 0 Å². The summed E-state index contributed by atoms with van der Waals surface area (Å²) >= 11 is 0. The molecule has 0 saturated carbocycles. The van der Waals surface area contributed by atoms with Crippen LogP contribution in [0.1, 0.15) is 79.1 Å². The molecule has 0 bridgehead atoms. The Hall–Kier alpha value is -2.70. The second kappa shape index (κ2) is 13.0. The van der Waals surface area contributed by atoms with Crippen LogP contribution in [0.25, 0.3) is 0 Å². The van der Waals surface area contributed by atoms with Crippen LogP contribution in [-0.2, 0) is 19.2 Å². The molecule has 0 unspecified atom stereocenters. The van der Waals surface area contributed by atoms with Gasteiger partial charge >= 0.3 is 0 Å². The third-order valence-corrected chi connectivity index (χ3v) is 6.73. The Labute approximate surface area is 214 Å². The van der Waals surface area contributed by atoms with Crippen molar-refractivity contribution in [1.82, 2.24) is 0 Å². The highest BCUT2D eigenvalue weighted by Gasteiger charge is 2.23. The van der Waals surface area contributed by atoms with Gasteiger partial charge in [-0.3, -0.25) is 19.2 Å². The Morgan fingerprint density at radius 3 is 1.31 bits per heavy atom. The predicted molar refractivity (Wildman–Crippen MR) is 140 cm³/mol. The van der Waals surface area contributed by atoms with E-state index in [0.717, 1.165) is 38.5 Å². The first-order valence-corrected chi connectivity index (χ1v) is 12.8. The highest BCUT2D eigenvalue weighted by molar-refractivity contribution is 6.23. The largest absolute Gasteiger partial charge is 0.396 e. The second-order valence-electron chi connectivity index (χ2n) is 11.4. The summed E-state index contributed by atoms with van der Waals surface area (Å²) in [5.74, 6) is -1.04. The number of carbonyl (C=O) groups excluding carboxylic acids is 4. The van der Waals surface area contributed by atoms with Gasteiger partial charge in [-0.05, 0) is 73.7 Å². The number of carbonyl (C=O) groups is 4. The minimum atomic E-state index is -0.272. The van der Waals surface area contributed by atoms with Crippen molar-refractivity contribution in [3.63, 3.8) is 0 Å². The smallest absolute Gasteiger partial charge is 0.189 e. The summed E-state index contributed by atoms with van der Waals surface area (Å²) in [5.41, 5.74) is 0.949. The van der Waals surface area contributed by atoms with Crippen LogP contribution in [-0.4, -0.2) is 46.6 Å². The maximum Gasteiger partial charge on any atom is 0.189 e. The summed E-state index contributed by atoms with van der Waals surface area (Å²) in [5, 5.41) is 18.8. The molecule has 2 rings (SSSR count). The van der Waals surface area contributed by atoms with E-state index in [1.54, 1.807) is 0 Å². The van der Waals surface area contributed by atoms with Gasteiger partial charge in [-0.15, -0.1) is 0 Å². The maximum atomic E-state index is 12.9. The third kappa shape index (κ3) is 9.07. The molecule has 2 aliphatic rings. The van der Waals surface area contributed by atoms with Crippen molar-refractivity contribution in [2.45, 2.75) is 79.1 Å². The number of aliphatic hydroxyl groups is 2. The van der Waals surface area contributed by atoms with E-state index in [2.05, 4.69) is 0 Å². The van der Waals surface area contributed by atoms with Gasteiger partial charge in [0.15, 0.2) is 23.1 Å². The summed E-state index contributed by atoms with van der Waals surface area (Å²) in [6.07, 6.45) is 13.8. The van der Waals surface area contributed by atoms with E-state index in [-0.39, 0.29) is 58.3 Å². The summed E-state index contributed by atoms with van der Waals surface area (Å²) < 4.78 is 0. The number of aliphatic hydroxyl groups excluding tert-OH is 2. The average Bonchev–Trinajstić information content (AvgIpc) is 2.82. The molecule has 36 heavy (non-hydrogen) atoms. The van der Waals surface area contributed by atoms with Gasteiger partial charge in [0.2, 0.25) is 0 Å². The molecule has 196 valence electrons. The molecule has 0 aromatic rings. The fourth-order valence-electron chi connectivity index (χ4n) is 4.16. The van der Waals surface area contributed by atoms with Gasteiger partial charge in [0, 0.05) is 35.5 Å². The molecular formula is C30H40O6. The zero-order valence-electron chi connectivity index (χ0n) is 22.1. The van der Waals surface area contributed by atoms with E-state index >= 15 is 0 Å². The van der Waals surface area contributed by atoms with Crippen molar-refractivity contribution in [3.05, 3.63) is 58.7 Å². The van der Waals surface area contributed by atoms with Crippen molar-refractivity contribution < 1.29 is 29.4 Å². The Morgan fingerprint density at radius 1 is 0.611 bits per heavy atom. The lowest BCUT2D eigenvalue weighted by Gasteiger charge is -2.21. The number of ketones is 4. The van der Waals surface area contributed by atoms with Crippen molar-refractivity contribution in [1.29, 1.82) is 0 Å². The summed E-state index contributed by atoms with van der Waals surface area (Å²) in [6, 6.07) is 0. The normalized spacial score (nSPS) is 17.4. The van der Waals surface area contributed by atoms with E-state index in [1.807, 2.05) is 27.7 Å². The lowest BCUT2D eigenvalue weighted by Crippen LogP contribution is -2.17. The molecule has 2 N–H and O–H groups in total. The molecule has 6 heteroatoms. The summed E-state index contributed by atoms with van der Waals surface area (Å²) in [6.45, 7) is 8.13. The van der Waals surface area contributed by atoms with E-state index in [9.17, 15) is 29.4 Å². The predicted octanol–water partition coefficient (Wildman–Crippen LogP) is 4.71. The monoisotopic (exact) mass is 496 g/mol. The quantitative estimate of drug-likeness (QED) is 0.266. The van der Waals surface area contributed by atoms with Crippen molar-refractivity contribution in [3.8, 4) is 0 Å². The van der Waals surface area contributed by atoms with Crippen LogP contribution >= 0.6 is 0 Å². The lowest BCUT2D eigenvalue weighted by molar-refractivity contribution is -0.115.